The highest BCUT2D eigenvalue weighted by Gasteiger charge is 2.26. The van der Waals surface area contributed by atoms with Gasteiger partial charge in [0.2, 0.25) is 0 Å². The molecular weight excluding hydrogens is 378 g/mol. The summed E-state index contributed by atoms with van der Waals surface area (Å²) in [5.74, 6) is -0.305. The topological polar surface area (TPSA) is 57.1 Å². The molecule has 30 heavy (non-hydrogen) atoms. The number of carbonyl (C=O) groups excluding carboxylic acids is 1. The van der Waals surface area contributed by atoms with Crippen LogP contribution in [0.4, 0.5) is 0 Å². The van der Waals surface area contributed by atoms with Crippen molar-refractivity contribution in [3.63, 3.8) is 0 Å². The molecule has 0 N–H and O–H groups in total. The highest BCUT2D eigenvalue weighted by Crippen LogP contribution is 2.20. The Kier molecular flexibility index (Phi) is 7.77. The summed E-state index contributed by atoms with van der Waals surface area (Å²) < 4.78 is 16.7. The number of aliphatic imine (C=N–C) groups is 1. The van der Waals surface area contributed by atoms with E-state index in [0.717, 1.165) is 29.7 Å². The molecule has 1 heterocycles. The molecule has 0 amide bonds. The molecule has 160 valence electrons. The minimum atomic E-state index is -0.596. The van der Waals surface area contributed by atoms with E-state index in [-0.39, 0.29) is 12.3 Å². The molecule has 0 radical (unpaired) electrons. The second-order valence-electron chi connectivity index (χ2n) is 8.36. The molecule has 0 saturated carbocycles. The molecule has 0 unspecified atom stereocenters. The van der Waals surface area contributed by atoms with E-state index in [1.165, 1.54) is 0 Å². The third kappa shape index (κ3) is 6.78. The van der Waals surface area contributed by atoms with E-state index < -0.39 is 11.6 Å². The highest BCUT2D eigenvalue weighted by molar-refractivity contribution is 6.13. The van der Waals surface area contributed by atoms with Gasteiger partial charge in [0.05, 0.1) is 18.9 Å². The Labute approximate surface area is 179 Å². The normalized spacial score (nSPS) is 15.6. The maximum Gasteiger partial charge on any atom is 0.331 e. The molecule has 0 bridgehead atoms. The molecule has 1 aliphatic rings. The average Bonchev–Trinajstić information content (AvgIpc) is 3.24. The van der Waals surface area contributed by atoms with Gasteiger partial charge in [-0.2, -0.15) is 0 Å². The summed E-state index contributed by atoms with van der Waals surface area (Å²) in [7, 11) is 0. The van der Waals surface area contributed by atoms with E-state index in [1.807, 2.05) is 81.4 Å². The molecular formula is C25H31NO4. The molecule has 0 aromatic heterocycles. The first kappa shape index (κ1) is 22.2. The van der Waals surface area contributed by atoms with Crippen LogP contribution in [0.5, 0.6) is 0 Å². The van der Waals surface area contributed by atoms with E-state index in [9.17, 15) is 4.79 Å². The van der Waals surface area contributed by atoms with Crippen LogP contribution in [0.3, 0.4) is 0 Å². The lowest BCUT2D eigenvalue weighted by atomic mass is 10.0. The van der Waals surface area contributed by atoms with Crippen LogP contribution in [0.15, 0.2) is 65.7 Å². The molecule has 3 rings (SSSR count). The maximum absolute atomic E-state index is 13.0. The molecule has 5 nitrogen and oxygen atoms in total. The van der Waals surface area contributed by atoms with Gasteiger partial charge >= 0.3 is 5.97 Å². The maximum atomic E-state index is 13.0. The summed E-state index contributed by atoms with van der Waals surface area (Å²) in [4.78, 5) is 17.9. The van der Waals surface area contributed by atoms with Crippen LogP contribution in [-0.4, -0.2) is 42.8 Å². The number of hydrogen-bond acceptors (Lipinski definition) is 5. The van der Waals surface area contributed by atoms with Gasteiger partial charge in [0.15, 0.2) is 6.29 Å². The van der Waals surface area contributed by atoms with Crippen LogP contribution in [-0.2, 0) is 19.0 Å². The Morgan fingerprint density at radius 2 is 1.53 bits per heavy atom. The number of nitrogens with zero attached hydrogens (tertiary/aromatic N) is 1. The third-order valence-electron chi connectivity index (χ3n) is 4.67. The van der Waals surface area contributed by atoms with Gasteiger partial charge < -0.3 is 14.2 Å². The number of benzene rings is 2. The van der Waals surface area contributed by atoms with Crippen molar-refractivity contribution in [1.82, 2.24) is 0 Å². The van der Waals surface area contributed by atoms with Gasteiger partial charge in [-0.15, -0.1) is 0 Å². The van der Waals surface area contributed by atoms with Gasteiger partial charge in [-0.25, -0.2) is 4.79 Å². The van der Waals surface area contributed by atoms with Gasteiger partial charge in [0.1, 0.15) is 11.6 Å². The summed E-state index contributed by atoms with van der Waals surface area (Å²) in [5, 5.41) is 0. The fourth-order valence-corrected chi connectivity index (χ4v) is 3.32. The smallest absolute Gasteiger partial charge is 0.331 e. The fourth-order valence-electron chi connectivity index (χ4n) is 3.32. The summed E-state index contributed by atoms with van der Waals surface area (Å²) in [6.07, 6.45) is 1.88. The zero-order valence-electron chi connectivity index (χ0n) is 18.0. The Morgan fingerprint density at radius 1 is 1.00 bits per heavy atom. The van der Waals surface area contributed by atoms with Crippen LogP contribution in [0.2, 0.25) is 0 Å². The van der Waals surface area contributed by atoms with Crippen molar-refractivity contribution in [3.05, 3.63) is 71.8 Å². The summed E-state index contributed by atoms with van der Waals surface area (Å²) >= 11 is 0. The first-order chi connectivity index (χ1) is 14.4. The van der Waals surface area contributed by atoms with Crippen molar-refractivity contribution in [1.29, 1.82) is 0 Å². The minimum absolute atomic E-state index is 0.184. The van der Waals surface area contributed by atoms with Gasteiger partial charge in [-0.05, 0) is 40.0 Å². The molecule has 1 aliphatic heterocycles. The van der Waals surface area contributed by atoms with Crippen molar-refractivity contribution in [2.75, 3.05) is 13.2 Å². The lowest BCUT2D eigenvalue weighted by molar-refractivity contribution is -0.156. The summed E-state index contributed by atoms with van der Waals surface area (Å²) in [6.45, 7) is 6.89. The molecule has 0 spiro atoms. The molecule has 1 atom stereocenters. The van der Waals surface area contributed by atoms with E-state index in [4.69, 9.17) is 19.2 Å². The van der Waals surface area contributed by atoms with Crippen molar-refractivity contribution in [2.24, 2.45) is 4.99 Å². The molecule has 2 aromatic rings. The van der Waals surface area contributed by atoms with Crippen LogP contribution in [0, 0.1) is 0 Å². The lowest BCUT2D eigenvalue weighted by Gasteiger charge is -2.23. The van der Waals surface area contributed by atoms with Gasteiger partial charge in [-0.1, -0.05) is 60.7 Å². The van der Waals surface area contributed by atoms with Crippen molar-refractivity contribution in [2.45, 2.75) is 58.0 Å². The molecule has 5 heteroatoms. The van der Waals surface area contributed by atoms with E-state index in [0.29, 0.717) is 19.6 Å². The second kappa shape index (κ2) is 10.5. The number of hydrogen-bond donors (Lipinski definition) is 0. The van der Waals surface area contributed by atoms with Crippen molar-refractivity contribution >= 4 is 11.7 Å². The zero-order valence-corrected chi connectivity index (χ0v) is 18.0. The quantitative estimate of drug-likeness (QED) is 0.465. The van der Waals surface area contributed by atoms with Crippen LogP contribution in [0.25, 0.3) is 0 Å². The van der Waals surface area contributed by atoms with E-state index in [2.05, 4.69) is 0 Å². The van der Waals surface area contributed by atoms with Gasteiger partial charge in [-0.3, -0.25) is 4.99 Å². The molecule has 2 aromatic carbocycles. The number of carbonyl (C=O) groups is 1. The lowest BCUT2D eigenvalue weighted by Crippen LogP contribution is -2.32. The standard InChI is InChI=1S/C25H31NO4/c1-25(2,3)30-24(27)21(15-10-16-22-28-17-18-29-22)26-23(19-11-6-4-7-12-19)20-13-8-5-9-14-20/h4-9,11-14,21-22H,10,15-18H2,1-3H3/t21-/m1/s1. The SMILES string of the molecule is CC(C)(C)OC(=O)[C@@H](CCCC1OCCO1)N=C(c1ccccc1)c1ccccc1. The second-order valence-corrected chi connectivity index (χ2v) is 8.36. The summed E-state index contributed by atoms with van der Waals surface area (Å²) in [6, 6.07) is 19.3. The Hall–Kier alpha value is -2.50. The first-order valence-corrected chi connectivity index (χ1v) is 10.6. The molecule has 0 aliphatic carbocycles. The number of ether oxygens (including phenoxy) is 3. The van der Waals surface area contributed by atoms with Gasteiger partial charge in [0, 0.05) is 11.1 Å². The minimum Gasteiger partial charge on any atom is -0.458 e. The number of esters is 1. The largest absolute Gasteiger partial charge is 0.458 e. The third-order valence-corrected chi connectivity index (χ3v) is 4.67. The first-order valence-electron chi connectivity index (χ1n) is 10.6. The Morgan fingerprint density at radius 3 is 2.03 bits per heavy atom. The monoisotopic (exact) mass is 409 g/mol. The van der Waals surface area contributed by atoms with E-state index >= 15 is 0 Å². The zero-order chi connectivity index (χ0) is 21.4. The predicted molar refractivity (Wildman–Crippen MR) is 118 cm³/mol. The van der Waals surface area contributed by atoms with E-state index in [1.54, 1.807) is 0 Å². The van der Waals surface area contributed by atoms with Crippen LogP contribution >= 0.6 is 0 Å². The van der Waals surface area contributed by atoms with Crippen molar-refractivity contribution in [3.8, 4) is 0 Å². The van der Waals surface area contributed by atoms with Crippen LogP contribution < -0.4 is 0 Å². The Balaban J connectivity index is 1.87. The summed E-state index contributed by atoms with van der Waals surface area (Å²) in [5.41, 5.74) is 2.17. The van der Waals surface area contributed by atoms with Gasteiger partial charge in [0.25, 0.3) is 0 Å². The fraction of sp³-hybridized carbons (Fsp3) is 0.440. The van der Waals surface area contributed by atoms with Crippen LogP contribution in [0.1, 0.15) is 51.2 Å². The average molecular weight is 410 g/mol. The highest BCUT2D eigenvalue weighted by atomic mass is 16.7. The molecule has 1 saturated heterocycles. The Bertz CT molecular complexity index is 780. The van der Waals surface area contributed by atoms with Crippen molar-refractivity contribution < 1.29 is 19.0 Å². The molecule has 1 fully saturated rings. The predicted octanol–water partition coefficient (Wildman–Crippen LogP) is 4.78. The number of rotatable bonds is 8.